The second-order valence-electron chi connectivity index (χ2n) is 3.70. The van der Waals surface area contributed by atoms with Crippen LogP contribution >= 0.6 is 45.8 Å². The van der Waals surface area contributed by atoms with Gasteiger partial charge in [0.1, 0.15) is 6.04 Å². The fourth-order valence-electron chi connectivity index (χ4n) is 1.32. The lowest BCUT2D eigenvalue weighted by Crippen LogP contribution is -2.39. The molecule has 0 saturated heterocycles. The van der Waals surface area contributed by atoms with E-state index in [4.69, 9.17) is 27.9 Å². The van der Waals surface area contributed by atoms with Crippen LogP contribution in [0.2, 0.25) is 10.0 Å². The number of benzene rings is 1. The van der Waals surface area contributed by atoms with Crippen LogP contribution in [0.1, 0.15) is 24.2 Å². The Balaban J connectivity index is 2.87. The average molecular weight is 416 g/mol. The van der Waals surface area contributed by atoms with Gasteiger partial charge in [0.25, 0.3) is 5.91 Å². The Morgan fingerprint density at radius 1 is 1.42 bits per heavy atom. The predicted octanol–water partition coefficient (Wildman–Crippen LogP) is 3.28. The van der Waals surface area contributed by atoms with Gasteiger partial charge in [0.05, 0.1) is 17.2 Å². The summed E-state index contributed by atoms with van der Waals surface area (Å²) < 4.78 is 5.39. The minimum atomic E-state index is -0.735. The summed E-state index contributed by atoms with van der Waals surface area (Å²) in [4.78, 5) is 23.5. The fourth-order valence-corrected chi connectivity index (χ4v) is 2.37. The quantitative estimate of drug-likeness (QED) is 0.466. The second-order valence-corrected chi connectivity index (χ2v) is 5.62. The molecular formula is C12H12Cl2INO3. The number of nitrogens with one attached hydrogen (secondary N) is 1. The molecule has 104 valence electrons. The summed E-state index contributed by atoms with van der Waals surface area (Å²) in [5.41, 5.74) is 0.328. The van der Waals surface area contributed by atoms with Crippen LogP contribution in [-0.4, -0.2) is 24.5 Å². The van der Waals surface area contributed by atoms with Crippen molar-refractivity contribution >= 4 is 57.7 Å². The highest BCUT2D eigenvalue weighted by Gasteiger charge is 2.20. The lowest BCUT2D eigenvalue weighted by atomic mass is 10.2. The van der Waals surface area contributed by atoms with E-state index in [-0.39, 0.29) is 6.61 Å². The van der Waals surface area contributed by atoms with Crippen molar-refractivity contribution < 1.29 is 14.3 Å². The molecule has 19 heavy (non-hydrogen) atoms. The van der Waals surface area contributed by atoms with Gasteiger partial charge in [-0.2, -0.15) is 0 Å². The van der Waals surface area contributed by atoms with Crippen LogP contribution in [0.4, 0.5) is 0 Å². The van der Waals surface area contributed by atoms with Crippen LogP contribution in [-0.2, 0) is 9.53 Å². The average Bonchev–Trinajstić information content (AvgIpc) is 2.33. The normalized spacial score (nSPS) is 11.8. The van der Waals surface area contributed by atoms with Gasteiger partial charge < -0.3 is 10.1 Å². The Morgan fingerprint density at radius 2 is 2.05 bits per heavy atom. The van der Waals surface area contributed by atoms with Crippen molar-refractivity contribution in [1.82, 2.24) is 5.32 Å². The summed E-state index contributed by atoms with van der Waals surface area (Å²) in [5.74, 6) is -0.909. The Bertz CT molecular complexity index is 508. The van der Waals surface area contributed by atoms with Crippen molar-refractivity contribution in [2.24, 2.45) is 0 Å². The molecule has 0 fully saturated rings. The summed E-state index contributed by atoms with van der Waals surface area (Å²) in [5, 5.41) is 3.29. The number of halogens is 3. The summed E-state index contributed by atoms with van der Waals surface area (Å²) in [6, 6.07) is 2.32. The predicted molar refractivity (Wildman–Crippen MR) is 82.7 cm³/mol. The van der Waals surface area contributed by atoms with Crippen molar-refractivity contribution in [3.63, 3.8) is 0 Å². The van der Waals surface area contributed by atoms with Crippen LogP contribution in [0, 0.1) is 3.57 Å². The molecule has 0 aliphatic carbocycles. The lowest BCUT2D eigenvalue weighted by Gasteiger charge is -2.14. The molecule has 0 saturated carbocycles. The number of esters is 1. The molecule has 1 N–H and O–H groups in total. The summed E-state index contributed by atoms with van der Waals surface area (Å²) in [7, 11) is 0. The molecule has 7 heteroatoms. The van der Waals surface area contributed by atoms with Gasteiger partial charge in [-0.3, -0.25) is 4.79 Å². The maximum atomic E-state index is 12.0. The molecule has 0 spiro atoms. The first-order valence-electron chi connectivity index (χ1n) is 5.48. The van der Waals surface area contributed by atoms with Gasteiger partial charge in [-0.25, -0.2) is 4.79 Å². The highest BCUT2D eigenvalue weighted by Crippen LogP contribution is 2.26. The number of amides is 1. The highest BCUT2D eigenvalue weighted by molar-refractivity contribution is 14.1. The van der Waals surface area contributed by atoms with Crippen LogP contribution in [0.5, 0.6) is 0 Å². The molecule has 4 nitrogen and oxygen atoms in total. The van der Waals surface area contributed by atoms with E-state index in [1.807, 2.05) is 22.6 Å². The van der Waals surface area contributed by atoms with Crippen molar-refractivity contribution in [2.75, 3.05) is 6.61 Å². The first-order chi connectivity index (χ1) is 8.86. The molecule has 0 bridgehead atoms. The lowest BCUT2D eigenvalue weighted by molar-refractivity contribution is -0.144. The Hall–Kier alpha value is -0.530. The van der Waals surface area contributed by atoms with E-state index in [2.05, 4.69) is 5.32 Å². The van der Waals surface area contributed by atoms with E-state index in [0.29, 0.717) is 19.2 Å². The number of hydrogen-bond donors (Lipinski definition) is 1. The Kier molecular flexibility index (Phi) is 6.35. The van der Waals surface area contributed by atoms with Crippen molar-refractivity contribution in [2.45, 2.75) is 19.9 Å². The summed E-state index contributed by atoms with van der Waals surface area (Å²) in [6.45, 7) is 3.51. The smallest absolute Gasteiger partial charge is 0.328 e. The van der Waals surface area contributed by atoms with Crippen LogP contribution in [0.25, 0.3) is 0 Å². The second kappa shape index (κ2) is 7.31. The van der Waals surface area contributed by atoms with E-state index in [1.54, 1.807) is 19.9 Å². The zero-order valence-electron chi connectivity index (χ0n) is 10.3. The third-order valence-electron chi connectivity index (χ3n) is 2.23. The standard InChI is InChI=1S/C12H12Cl2INO3/c1-3-19-12(18)6(2)16-11(17)8-4-7(13)5-9(14)10(8)15/h4-6H,3H2,1-2H3,(H,16,17). The number of hydrogen-bond acceptors (Lipinski definition) is 3. The number of carbonyl (C=O) groups is 2. The topological polar surface area (TPSA) is 55.4 Å². The minimum Gasteiger partial charge on any atom is -0.464 e. The van der Waals surface area contributed by atoms with Gasteiger partial charge in [-0.05, 0) is 48.6 Å². The maximum Gasteiger partial charge on any atom is 0.328 e. The molecule has 1 aromatic carbocycles. The minimum absolute atomic E-state index is 0.263. The molecule has 0 aromatic heterocycles. The zero-order chi connectivity index (χ0) is 14.6. The van der Waals surface area contributed by atoms with Gasteiger partial charge >= 0.3 is 5.97 Å². The summed E-state index contributed by atoms with van der Waals surface area (Å²) >= 11 is 13.8. The molecule has 1 aromatic rings. The van der Waals surface area contributed by atoms with Crippen LogP contribution in [0.3, 0.4) is 0 Å². The van der Waals surface area contributed by atoms with Gasteiger partial charge in [-0.1, -0.05) is 23.2 Å². The van der Waals surface area contributed by atoms with Gasteiger partial charge in [0, 0.05) is 8.59 Å². The van der Waals surface area contributed by atoms with Crippen LogP contribution in [0.15, 0.2) is 12.1 Å². The third-order valence-corrected chi connectivity index (χ3v) is 4.22. The number of rotatable bonds is 4. The highest BCUT2D eigenvalue weighted by atomic mass is 127. The van der Waals surface area contributed by atoms with E-state index in [9.17, 15) is 9.59 Å². The first kappa shape index (κ1) is 16.5. The van der Waals surface area contributed by atoms with Crippen LogP contribution < -0.4 is 5.32 Å². The molecular weight excluding hydrogens is 404 g/mol. The fraction of sp³-hybridized carbons (Fsp3) is 0.333. The largest absolute Gasteiger partial charge is 0.464 e. The third kappa shape index (κ3) is 4.50. The molecule has 1 unspecified atom stereocenters. The Labute approximate surface area is 134 Å². The van der Waals surface area contributed by atoms with Crippen molar-refractivity contribution in [3.8, 4) is 0 Å². The molecule has 1 amide bonds. The van der Waals surface area contributed by atoms with E-state index in [1.165, 1.54) is 6.07 Å². The molecule has 1 atom stereocenters. The SMILES string of the molecule is CCOC(=O)C(C)NC(=O)c1cc(Cl)cc(Cl)c1I. The van der Waals surface area contributed by atoms with E-state index in [0.717, 1.165) is 0 Å². The summed E-state index contributed by atoms with van der Waals surface area (Å²) in [6.07, 6.45) is 0. The maximum absolute atomic E-state index is 12.0. The van der Waals surface area contributed by atoms with Gasteiger partial charge in [0.2, 0.25) is 0 Å². The first-order valence-corrected chi connectivity index (χ1v) is 7.32. The molecule has 0 aliphatic heterocycles. The zero-order valence-corrected chi connectivity index (χ0v) is 14.0. The van der Waals surface area contributed by atoms with Gasteiger partial charge in [-0.15, -0.1) is 0 Å². The van der Waals surface area contributed by atoms with E-state index >= 15 is 0 Å². The Morgan fingerprint density at radius 3 is 2.63 bits per heavy atom. The molecule has 0 aliphatic rings. The monoisotopic (exact) mass is 415 g/mol. The van der Waals surface area contributed by atoms with E-state index < -0.39 is 17.9 Å². The molecule has 1 rings (SSSR count). The number of carbonyl (C=O) groups excluding carboxylic acids is 2. The molecule has 0 radical (unpaired) electrons. The van der Waals surface area contributed by atoms with Crippen molar-refractivity contribution in [3.05, 3.63) is 31.3 Å². The number of ether oxygens (including phenoxy) is 1. The molecule has 0 heterocycles. The van der Waals surface area contributed by atoms with Crippen molar-refractivity contribution in [1.29, 1.82) is 0 Å². The van der Waals surface area contributed by atoms with Gasteiger partial charge in [0.15, 0.2) is 0 Å².